The number of piperidine rings is 1. The number of hydrogen-bond acceptors (Lipinski definition) is 8. The van der Waals surface area contributed by atoms with E-state index in [0.717, 1.165) is 57.8 Å². The summed E-state index contributed by atoms with van der Waals surface area (Å²) >= 11 is 0. The summed E-state index contributed by atoms with van der Waals surface area (Å²) in [6.07, 6.45) is 7.01. The maximum absolute atomic E-state index is 12.4. The van der Waals surface area contributed by atoms with Gasteiger partial charge < -0.3 is 20.7 Å². The molecule has 0 unspecified atom stereocenters. The molecule has 4 rings (SSSR count). The number of aromatic nitrogens is 4. The number of hydrogen-bond donors (Lipinski definition) is 3. The van der Waals surface area contributed by atoms with Gasteiger partial charge in [-0.3, -0.25) is 4.79 Å². The highest BCUT2D eigenvalue weighted by Crippen LogP contribution is 2.21. The van der Waals surface area contributed by atoms with Crippen LogP contribution in [0.3, 0.4) is 0 Å². The minimum atomic E-state index is -0.0257. The molecule has 2 aliphatic heterocycles. The molecular weight excluding hydrogens is 370 g/mol. The van der Waals surface area contributed by atoms with Crippen LogP contribution in [0.4, 0.5) is 11.6 Å². The Morgan fingerprint density at radius 1 is 1.03 bits per heavy atom. The van der Waals surface area contributed by atoms with E-state index in [1.54, 1.807) is 6.07 Å². The van der Waals surface area contributed by atoms with E-state index in [-0.39, 0.29) is 11.8 Å². The van der Waals surface area contributed by atoms with Crippen LogP contribution in [-0.4, -0.2) is 58.7 Å². The van der Waals surface area contributed by atoms with Crippen molar-refractivity contribution in [3.8, 4) is 11.4 Å². The molecule has 29 heavy (non-hydrogen) atoms. The Bertz CT molecular complexity index is 820. The van der Waals surface area contributed by atoms with Crippen molar-refractivity contribution in [2.75, 3.05) is 43.5 Å². The minimum Gasteiger partial charge on any atom is -0.381 e. The number of anilines is 2. The molecule has 1 atom stereocenters. The van der Waals surface area contributed by atoms with Gasteiger partial charge in [0.25, 0.3) is 0 Å². The molecule has 0 saturated carbocycles. The molecular formula is C20H27N7O2. The highest BCUT2D eigenvalue weighted by Gasteiger charge is 2.21. The van der Waals surface area contributed by atoms with Gasteiger partial charge in [-0.1, -0.05) is 0 Å². The zero-order chi connectivity index (χ0) is 19.9. The molecule has 2 aromatic rings. The fourth-order valence-electron chi connectivity index (χ4n) is 3.66. The minimum absolute atomic E-state index is 0.0108. The zero-order valence-corrected chi connectivity index (χ0v) is 16.4. The van der Waals surface area contributed by atoms with Crippen molar-refractivity contribution in [2.24, 2.45) is 11.8 Å². The van der Waals surface area contributed by atoms with Gasteiger partial charge in [-0.15, -0.1) is 0 Å². The Hall–Kier alpha value is -2.65. The summed E-state index contributed by atoms with van der Waals surface area (Å²) in [4.78, 5) is 29.6. The van der Waals surface area contributed by atoms with Crippen LogP contribution >= 0.6 is 0 Å². The Kier molecular flexibility index (Phi) is 6.58. The van der Waals surface area contributed by atoms with E-state index in [1.165, 1.54) is 12.7 Å². The molecule has 0 aliphatic carbocycles. The van der Waals surface area contributed by atoms with Gasteiger partial charge in [0.1, 0.15) is 24.3 Å². The second kappa shape index (κ2) is 9.71. The molecule has 2 aromatic heterocycles. The molecule has 0 radical (unpaired) electrons. The van der Waals surface area contributed by atoms with Gasteiger partial charge in [-0.05, 0) is 38.1 Å². The molecule has 9 heteroatoms. The maximum Gasteiger partial charge on any atom is 0.229 e. The first-order chi connectivity index (χ1) is 14.3. The lowest BCUT2D eigenvalue weighted by atomic mass is 9.99. The topological polar surface area (TPSA) is 114 Å². The van der Waals surface area contributed by atoms with Crippen LogP contribution in [0.2, 0.25) is 0 Å². The van der Waals surface area contributed by atoms with E-state index in [4.69, 9.17) is 4.74 Å². The molecule has 0 bridgehead atoms. The van der Waals surface area contributed by atoms with Gasteiger partial charge in [0.2, 0.25) is 5.91 Å². The number of amides is 1. The van der Waals surface area contributed by atoms with Crippen LogP contribution in [-0.2, 0) is 9.53 Å². The zero-order valence-electron chi connectivity index (χ0n) is 16.4. The second-order valence-electron chi connectivity index (χ2n) is 7.55. The number of ether oxygens (including phenoxy) is 1. The second-order valence-corrected chi connectivity index (χ2v) is 7.55. The fraction of sp³-hybridized carbons (Fsp3) is 0.550. The van der Waals surface area contributed by atoms with Crippen molar-refractivity contribution >= 4 is 17.5 Å². The number of carbonyl (C=O) groups excluding carboxylic acids is 1. The molecule has 9 nitrogen and oxygen atoms in total. The van der Waals surface area contributed by atoms with E-state index in [1.807, 2.05) is 6.07 Å². The van der Waals surface area contributed by atoms with Gasteiger partial charge in [-0.25, -0.2) is 19.9 Å². The van der Waals surface area contributed by atoms with Crippen LogP contribution in [0.1, 0.15) is 25.7 Å². The SMILES string of the molecule is O=C(Nc1cc(-c2cc(NCC3CCOCC3)ncn2)ncn1)[C@@H]1CCCNC1. The highest BCUT2D eigenvalue weighted by molar-refractivity contribution is 5.92. The van der Waals surface area contributed by atoms with Crippen molar-refractivity contribution < 1.29 is 9.53 Å². The number of nitrogens with one attached hydrogen (secondary N) is 3. The average Bonchev–Trinajstić information content (AvgIpc) is 2.79. The summed E-state index contributed by atoms with van der Waals surface area (Å²) in [7, 11) is 0. The first-order valence-corrected chi connectivity index (χ1v) is 10.3. The first-order valence-electron chi connectivity index (χ1n) is 10.3. The lowest BCUT2D eigenvalue weighted by Crippen LogP contribution is -2.37. The van der Waals surface area contributed by atoms with Crippen LogP contribution < -0.4 is 16.0 Å². The van der Waals surface area contributed by atoms with Crippen LogP contribution in [0.15, 0.2) is 24.8 Å². The summed E-state index contributed by atoms with van der Waals surface area (Å²) in [5.41, 5.74) is 1.33. The summed E-state index contributed by atoms with van der Waals surface area (Å²) < 4.78 is 5.40. The van der Waals surface area contributed by atoms with Crippen molar-refractivity contribution in [1.82, 2.24) is 25.3 Å². The number of nitrogens with zero attached hydrogens (tertiary/aromatic N) is 4. The summed E-state index contributed by atoms with van der Waals surface area (Å²) in [6, 6.07) is 3.62. The van der Waals surface area contributed by atoms with Gasteiger partial charge in [0.15, 0.2) is 0 Å². The molecule has 3 N–H and O–H groups in total. The van der Waals surface area contributed by atoms with E-state index in [2.05, 4.69) is 35.9 Å². The van der Waals surface area contributed by atoms with Crippen LogP contribution in [0.5, 0.6) is 0 Å². The first kappa shape index (κ1) is 19.7. The summed E-state index contributed by atoms with van der Waals surface area (Å²) in [5.74, 6) is 1.81. The lowest BCUT2D eigenvalue weighted by molar-refractivity contribution is -0.120. The molecule has 2 saturated heterocycles. The Morgan fingerprint density at radius 3 is 2.48 bits per heavy atom. The average molecular weight is 397 g/mol. The molecule has 1 amide bonds. The Labute approximate surface area is 170 Å². The standard InChI is InChI=1S/C20H27N7O2/c28-20(15-2-1-5-21-11-15)27-19-9-17(24-13-26-19)16-8-18(25-12-23-16)22-10-14-3-6-29-7-4-14/h8-9,12-15,21H,1-7,10-11H2,(H,22,23,25)(H,24,26,27,28)/t15-/m1/s1. The Balaban J connectivity index is 1.40. The van der Waals surface area contributed by atoms with Crippen molar-refractivity contribution in [3.05, 3.63) is 24.8 Å². The van der Waals surface area contributed by atoms with Gasteiger partial charge in [0, 0.05) is 38.4 Å². The largest absolute Gasteiger partial charge is 0.381 e. The van der Waals surface area contributed by atoms with Gasteiger partial charge in [-0.2, -0.15) is 0 Å². The van der Waals surface area contributed by atoms with Crippen molar-refractivity contribution in [2.45, 2.75) is 25.7 Å². The van der Waals surface area contributed by atoms with Crippen molar-refractivity contribution in [1.29, 1.82) is 0 Å². The predicted octanol–water partition coefficient (Wildman–Crippen LogP) is 1.71. The monoisotopic (exact) mass is 397 g/mol. The Morgan fingerprint density at radius 2 is 1.76 bits per heavy atom. The quantitative estimate of drug-likeness (QED) is 0.675. The maximum atomic E-state index is 12.4. The predicted molar refractivity (Wildman–Crippen MR) is 109 cm³/mol. The van der Waals surface area contributed by atoms with Gasteiger partial charge >= 0.3 is 0 Å². The molecule has 4 heterocycles. The van der Waals surface area contributed by atoms with E-state index in [0.29, 0.717) is 29.7 Å². The smallest absolute Gasteiger partial charge is 0.229 e. The third-order valence-electron chi connectivity index (χ3n) is 5.43. The third kappa shape index (κ3) is 5.45. The fourth-order valence-corrected chi connectivity index (χ4v) is 3.66. The normalized spacial score (nSPS) is 20.2. The third-order valence-corrected chi connectivity index (χ3v) is 5.43. The number of carbonyl (C=O) groups is 1. The molecule has 2 aliphatic rings. The van der Waals surface area contributed by atoms with E-state index in [9.17, 15) is 4.79 Å². The van der Waals surface area contributed by atoms with E-state index < -0.39 is 0 Å². The highest BCUT2D eigenvalue weighted by atomic mass is 16.5. The van der Waals surface area contributed by atoms with Gasteiger partial charge in [0.05, 0.1) is 17.3 Å². The summed E-state index contributed by atoms with van der Waals surface area (Å²) in [6.45, 7) is 4.19. The summed E-state index contributed by atoms with van der Waals surface area (Å²) in [5, 5.41) is 9.55. The van der Waals surface area contributed by atoms with Crippen molar-refractivity contribution in [3.63, 3.8) is 0 Å². The molecule has 2 fully saturated rings. The molecule has 0 aromatic carbocycles. The van der Waals surface area contributed by atoms with Crippen LogP contribution in [0, 0.1) is 11.8 Å². The lowest BCUT2D eigenvalue weighted by Gasteiger charge is -2.22. The molecule has 0 spiro atoms. The van der Waals surface area contributed by atoms with Crippen LogP contribution in [0.25, 0.3) is 11.4 Å². The molecule has 154 valence electrons. The van der Waals surface area contributed by atoms with E-state index >= 15 is 0 Å². The number of rotatable bonds is 6.